The van der Waals surface area contributed by atoms with Gasteiger partial charge in [-0.15, -0.1) is 0 Å². The van der Waals surface area contributed by atoms with Crippen molar-refractivity contribution in [3.8, 4) is 0 Å². The van der Waals surface area contributed by atoms with Gasteiger partial charge < -0.3 is 24.4 Å². The lowest BCUT2D eigenvalue weighted by Gasteiger charge is -2.40. The van der Waals surface area contributed by atoms with Gasteiger partial charge in [0.05, 0.1) is 0 Å². The Balaban J connectivity index is 1.69. The number of carbonyl (C=O) groups is 1. The standard InChI is InChI=1S/C22H35ClN4O4/c1-6-29-18(30-7-2)12-17-19(23)24-13-25-20(17)26-14-10-15-8-9-16(11-14)27(15)21(28)31-22(3,4)5/h13-16,18H,6-12H2,1-5H3,(H,24,25,26). The third-order valence-corrected chi connectivity index (χ3v) is 5.97. The van der Waals surface area contributed by atoms with E-state index in [1.54, 1.807) is 0 Å². The second kappa shape index (κ2) is 10.3. The van der Waals surface area contributed by atoms with E-state index in [-0.39, 0.29) is 24.2 Å². The van der Waals surface area contributed by atoms with Gasteiger partial charge in [-0.05, 0) is 60.3 Å². The summed E-state index contributed by atoms with van der Waals surface area (Å²) in [5.41, 5.74) is 0.300. The zero-order valence-electron chi connectivity index (χ0n) is 19.2. The molecule has 8 nitrogen and oxygen atoms in total. The van der Waals surface area contributed by atoms with Crippen LogP contribution >= 0.6 is 11.6 Å². The summed E-state index contributed by atoms with van der Waals surface area (Å²) in [6.07, 6.45) is 5.01. The highest BCUT2D eigenvalue weighted by Crippen LogP contribution is 2.38. The first kappa shape index (κ1) is 24.0. The Hall–Kier alpha value is -1.64. The normalized spacial score (nSPS) is 23.3. The predicted molar refractivity (Wildman–Crippen MR) is 119 cm³/mol. The molecular formula is C22H35ClN4O4. The number of fused-ring (bicyclic) bond motifs is 2. The fourth-order valence-electron chi connectivity index (χ4n) is 4.50. The van der Waals surface area contributed by atoms with E-state index >= 15 is 0 Å². The molecule has 2 unspecified atom stereocenters. The number of rotatable bonds is 8. The van der Waals surface area contributed by atoms with Crippen LogP contribution in [0.25, 0.3) is 0 Å². The Bertz CT molecular complexity index is 738. The molecule has 1 N–H and O–H groups in total. The molecule has 0 radical (unpaired) electrons. The van der Waals surface area contributed by atoms with Gasteiger partial charge in [0.2, 0.25) is 0 Å². The van der Waals surface area contributed by atoms with Gasteiger partial charge in [-0.3, -0.25) is 0 Å². The number of hydrogen-bond acceptors (Lipinski definition) is 7. The lowest BCUT2D eigenvalue weighted by molar-refractivity contribution is -0.134. The van der Waals surface area contributed by atoms with Crippen LogP contribution in [-0.2, 0) is 20.6 Å². The minimum Gasteiger partial charge on any atom is -0.444 e. The van der Waals surface area contributed by atoms with Crippen LogP contribution in [-0.4, -0.2) is 64.2 Å². The summed E-state index contributed by atoms with van der Waals surface area (Å²) >= 11 is 6.42. The summed E-state index contributed by atoms with van der Waals surface area (Å²) in [6.45, 7) is 10.7. The second-order valence-electron chi connectivity index (χ2n) is 9.12. The molecule has 0 spiro atoms. The maximum Gasteiger partial charge on any atom is 0.410 e. The number of nitrogens with one attached hydrogen (secondary N) is 1. The zero-order valence-corrected chi connectivity index (χ0v) is 19.9. The van der Waals surface area contributed by atoms with Gasteiger partial charge in [-0.1, -0.05) is 11.6 Å². The van der Waals surface area contributed by atoms with Gasteiger partial charge in [-0.25, -0.2) is 14.8 Å². The van der Waals surface area contributed by atoms with Crippen LogP contribution in [0.1, 0.15) is 65.9 Å². The molecule has 1 aromatic rings. The highest BCUT2D eigenvalue weighted by molar-refractivity contribution is 6.30. The van der Waals surface area contributed by atoms with Crippen LogP contribution in [0.15, 0.2) is 6.33 Å². The monoisotopic (exact) mass is 454 g/mol. The maximum absolute atomic E-state index is 12.7. The Morgan fingerprint density at radius 2 is 1.81 bits per heavy atom. The Morgan fingerprint density at radius 3 is 2.35 bits per heavy atom. The highest BCUT2D eigenvalue weighted by atomic mass is 35.5. The van der Waals surface area contributed by atoms with Gasteiger partial charge in [0.1, 0.15) is 22.9 Å². The van der Waals surface area contributed by atoms with Crippen LogP contribution in [0, 0.1) is 0 Å². The number of piperidine rings is 1. The number of anilines is 1. The average Bonchev–Trinajstić information content (AvgIpc) is 2.95. The summed E-state index contributed by atoms with van der Waals surface area (Å²) < 4.78 is 17.0. The topological polar surface area (TPSA) is 85.8 Å². The zero-order chi connectivity index (χ0) is 22.6. The minimum atomic E-state index is -0.490. The molecule has 9 heteroatoms. The van der Waals surface area contributed by atoms with E-state index in [1.807, 2.05) is 39.5 Å². The van der Waals surface area contributed by atoms with Crippen molar-refractivity contribution in [3.63, 3.8) is 0 Å². The number of halogens is 1. The second-order valence-corrected chi connectivity index (χ2v) is 9.48. The lowest BCUT2D eigenvalue weighted by Crippen LogP contribution is -2.51. The van der Waals surface area contributed by atoms with E-state index in [0.29, 0.717) is 30.6 Å². The third kappa shape index (κ3) is 6.20. The third-order valence-electron chi connectivity index (χ3n) is 5.65. The Labute approximate surface area is 190 Å². The van der Waals surface area contributed by atoms with Gasteiger partial charge in [-0.2, -0.15) is 0 Å². The predicted octanol–water partition coefficient (Wildman–Crippen LogP) is 4.41. The molecule has 2 aliphatic heterocycles. The van der Waals surface area contributed by atoms with E-state index in [2.05, 4.69) is 15.3 Å². The Morgan fingerprint density at radius 1 is 1.19 bits per heavy atom. The minimum absolute atomic E-state index is 0.173. The summed E-state index contributed by atoms with van der Waals surface area (Å²) in [7, 11) is 0. The van der Waals surface area contributed by atoms with Crippen molar-refractivity contribution >= 4 is 23.5 Å². The van der Waals surface area contributed by atoms with Crippen LogP contribution in [0.2, 0.25) is 5.15 Å². The number of ether oxygens (including phenoxy) is 3. The molecule has 1 amide bonds. The molecule has 0 aromatic carbocycles. The molecule has 2 atom stereocenters. The van der Waals surface area contributed by atoms with E-state index < -0.39 is 11.9 Å². The van der Waals surface area contributed by atoms with Gasteiger partial charge in [0, 0.05) is 43.3 Å². The van der Waals surface area contributed by atoms with Crippen molar-refractivity contribution in [2.75, 3.05) is 18.5 Å². The molecule has 2 aliphatic rings. The maximum atomic E-state index is 12.7. The van der Waals surface area contributed by atoms with E-state index in [9.17, 15) is 4.79 Å². The first-order chi connectivity index (χ1) is 14.7. The van der Waals surface area contributed by atoms with E-state index in [1.165, 1.54) is 6.33 Å². The van der Waals surface area contributed by atoms with Crippen molar-refractivity contribution in [2.24, 2.45) is 0 Å². The van der Waals surface area contributed by atoms with Crippen LogP contribution in [0.5, 0.6) is 0 Å². The Kier molecular flexibility index (Phi) is 7.99. The van der Waals surface area contributed by atoms with Crippen molar-refractivity contribution in [3.05, 3.63) is 17.0 Å². The largest absolute Gasteiger partial charge is 0.444 e. The van der Waals surface area contributed by atoms with Crippen molar-refractivity contribution < 1.29 is 19.0 Å². The average molecular weight is 455 g/mol. The van der Waals surface area contributed by atoms with E-state index in [4.69, 9.17) is 25.8 Å². The lowest BCUT2D eigenvalue weighted by atomic mass is 9.97. The SMILES string of the molecule is CCOC(Cc1c(Cl)ncnc1NC1CC2CCC(C1)N2C(=O)OC(C)(C)C)OCC. The number of hydrogen-bond donors (Lipinski definition) is 1. The molecule has 31 heavy (non-hydrogen) atoms. The van der Waals surface area contributed by atoms with Crippen LogP contribution in [0.3, 0.4) is 0 Å². The molecular weight excluding hydrogens is 420 g/mol. The summed E-state index contributed by atoms with van der Waals surface area (Å²) in [5, 5.41) is 3.96. The molecule has 1 aromatic heterocycles. The molecule has 2 fully saturated rings. The fourth-order valence-corrected chi connectivity index (χ4v) is 4.71. The molecule has 0 saturated carbocycles. The number of carbonyl (C=O) groups excluding carboxylic acids is 1. The summed E-state index contributed by atoms with van der Waals surface area (Å²) in [6, 6.07) is 0.538. The number of nitrogens with zero attached hydrogens (tertiary/aromatic N) is 3. The number of aromatic nitrogens is 2. The number of amides is 1. The highest BCUT2D eigenvalue weighted by Gasteiger charge is 2.45. The molecule has 3 heterocycles. The van der Waals surface area contributed by atoms with Crippen molar-refractivity contribution in [2.45, 2.75) is 96.7 Å². The van der Waals surface area contributed by atoms with Crippen LogP contribution < -0.4 is 5.32 Å². The summed E-state index contributed by atoms with van der Waals surface area (Å²) in [4.78, 5) is 23.3. The molecule has 0 aliphatic carbocycles. The fraction of sp³-hybridized carbons (Fsp3) is 0.773. The molecule has 2 saturated heterocycles. The first-order valence-electron chi connectivity index (χ1n) is 11.2. The van der Waals surface area contributed by atoms with Crippen molar-refractivity contribution in [1.82, 2.24) is 14.9 Å². The van der Waals surface area contributed by atoms with Crippen LogP contribution in [0.4, 0.5) is 10.6 Å². The molecule has 3 rings (SSSR count). The first-order valence-corrected chi connectivity index (χ1v) is 11.6. The van der Waals surface area contributed by atoms with Gasteiger partial charge in [0.15, 0.2) is 6.29 Å². The molecule has 2 bridgehead atoms. The van der Waals surface area contributed by atoms with Crippen molar-refractivity contribution in [1.29, 1.82) is 0 Å². The van der Waals surface area contributed by atoms with Gasteiger partial charge >= 0.3 is 6.09 Å². The van der Waals surface area contributed by atoms with E-state index in [0.717, 1.165) is 31.2 Å². The molecule has 174 valence electrons. The quantitative estimate of drug-likeness (QED) is 0.459. The van der Waals surface area contributed by atoms with Gasteiger partial charge in [0.25, 0.3) is 0 Å². The smallest absolute Gasteiger partial charge is 0.410 e. The summed E-state index contributed by atoms with van der Waals surface area (Å²) in [5.74, 6) is 0.708.